The molecule has 1 aliphatic rings. The highest BCUT2D eigenvalue weighted by molar-refractivity contribution is 6.31. The number of benzene rings is 1. The van der Waals surface area contributed by atoms with Crippen molar-refractivity contribution in [1.82, 2.24) is 30.2 Å². The van der Waals surface area contributed by atoms with Gasteiger partial charge in [0.2, 0.25) is 11.8 Å². The Bertz CT molecular complexity index is 1340. The number of nitrogens with one attached hydrogen (secondary N) is 2. The minimum absolute atomic E-state index is 0.103. The summed E-state index contributed by atoms with van der Waals surface area (Å²) in [6.07, 6.45) is -0.510. The summed E-state index contributed by atoms with van der Waals surface area (Å²) in [6, 6.07) is 8.68. The summed E-state index contributed by atoms with van der Waals surface area (Å²) in [5.74, 6) is -4.60. The van der Waals surface area contributed by atoms with Crippen LogP contribution in [0.4, 0.5) is 4.79 Å². The van der Waals surface area contributed by atoms with Crippen LogP contribution in [0.3, 0.4) is 0 Å². The average Bonchev–Trinajstić information content (AvgIpc) is 3.42. The number of para-hydroxylation sites is 1. The van der Waals surface area contributed by atoms with E-state index >= 15 is 0 Å². The average molecular weight is 601 g/mol. The molecule has 15 nitrogen and oxygen atoms in total. The molecule has 232 valence electrons. The Labute approximate surface area is 248 Å². The van der Waals surface area contributed by atoms with E-state index in [9.17, 15) is 28.8 Å². The van der Waals surface area contributed by atoms with E-state index < -0.39 is 47.8 Å². The van der Waals surface area contributed by atoms with E-state index in [1.54, 1.807) is 58.0 Å². The van der Waals surface area contributed by atoms with Gasteiger partial charge in [-0.1, -0.05) is 39.0 Å². The second-order valence-corrected chi connectivity index (χ2v) is 10.6. The van der Waals surface area contributed by atoms with Gasteiger partial charge in [0, 0.05) is 44.2 Å². The van der Waals surface area contributed by atoms with Crippen molar-refractivity contribution in [2.45, 2.75) is 33.7 Å². The molecule has 0 bridgehead atoms. The third-order valence-corrected chi connectivity index (χ3v) is 6.48. The summed E-state index contributed by atoms with van der Waals surface area (Å²) in [4.78, 5) is 76.8. The van der Waals surface area contributed by atoms with Gasteiger partial charge in [0.25, 0.3) is 5.91 Å². The smallest absolute Gasteiger partial charge is 0.409 e. The molecule has 1 atom stereocenters. The number of carbonyl (C=O) groups excluding carboxylic acids is 5. The molecule has 15 heteroatoms. The number of ether oxygens (including phenoxy) is 2. The molecule has 4 amide bonds. The molecule has 1 aliphatic heterocycles. The lowest BCUT2D eigenvalue weighted by Gasteiger charge is -2.35. The lowest BCUT2D eigenvalue weighted by atomic mass is 9.91. The fourth-order valence-corrected chi connectivity index (χ4v) is 3.94. The number of hydrogen-bond donors (Lipinski definition) is 3. The third kappa shape index (κ3) is 8.77. The second kappa shape index (κ2) is 14.3. The van der Waals surface area contributed by atoms with Gasteiger partial charge in [-0.25, -0.2) is 14.3 Å². The van der Waals surface area contributed by atoms with Gasteiger partial charge >= 0.3 is 18.0 Å². The molecule has 1 saturated heterocycles. The largest absolute Gasteiger partial charge is 0.474 e. The Morgan fingerprint density at radius 3 is 2.21 bits per heavy atom. The number of ketones is 1. The summed E-state index contributed by atoms with van der Waals surface area (Å²) in [5, 5.41) is 17.9. The van der Waals surface area contributed by atoms with Crippen molar-refractivity contribution in [2.75, 3.05) is 45.9 Å². The van der Waals surface area contributed by atoms with Crippen molar-refractivity contribution in [3.63, 3.8) is 0 Å². The topological polar surface area (TPSA) is 189 Å². The molecule has 3 N–H and O–H groups in total. The first-order valence-electron chi connectivity index (χ1n) is 13.7. The Hall–Kier alpha value is -4.95. The molecule has 0 aliphatic carbocycles. The van der Waals surface area contributed by atoms with E-state index in [1.807, 2.05) is 0 Å². The molecule has 0 saturated carbocycles. The number of nitrogens with zero attached hydrogens (tertiary/aromatic N) is 4. The zero-order valence-electron chi connectivity index (χ0n) is 24.5. The summed E-state index contributed by atoms with van der Waals surface area (Å²) in [6.45, 7) is 6.97. The number of carboxylic acids is 1. The Morgan fingerprint density at radius 1 is 1.00 bits per heavy atom. The molecule has 2 heterocycles. The number of Topliss-reactive ketones (excluding diaryl/α,β-unsaturated/α-hetero) is 1. The lowest BCUT2D eigenvalue weighted by molar-refractivity contribution is -0.150. The Kier molecular flexibility index (Phi) is 10.8. The van der Waals surface area contributed by atoms with Gasteiger partial charge in [0.15, 0.2) is 11.5 Å². The highest BCUT2D eigenvalue weighted by Crippen LogP contribution is 2.22. The number of rotatable bonds is 10. The van der Waals surface area contributed by atoms with Crippen molar-refractivity contribution in [3.05, 3.63) is 42.1 Å². The molecule has 1 aromatic carbocycles. The highest BCUT2D eigenvalue weighted by Gasteiger charge is 2.32. The number of aromatic nitrogens is 2. The van der Waals surface area contributed by atoms with Crippen LogP contribution in [0.5, 0.6) is 5.88 Å². The van der Waals surface area contributed by atoms with E-state index in [1.165, 1.54) is 20.5 Å². The number of aliphatic carboxylic acids is 1. The van der Waals surface area contributed by atoms with E-state index in [2.05, 4.69) is 15.7 Å². The van der Waals surface area contributed by atoms with Crippen LogP contribution in [-0.4, -0.2) is 112 Å². The standard InChI is InChI=1S/C28H36N6O9/c1-5-42-27(41)33-13-11-32(12-14-33)25(38)20(16-29-24(37)26(39)40)30-23(36)19-15-22(43-17-21(35)28(2,3)4)34(31-19)18-9-7-6-8-10-18/h6-10,15,20H,5,11-14,16-17H2,1-4H3,(H,29,37)(H,30,36)(H,39,40)/t20-/m0/s1. The van der Waals surface area contributed by atoms with Crippen LogP contribution in [0.25, 0.3) is 5.69 Å². The highest BCUT2D eigenvalue weighted by atomic mass is 16.6. The molecule has 3 rings (SSSR count). The maximum absolute atomic E-state index is 13.4. The van der Waals surface area contributed by atoms with E-state index in [0.29, 0.717) is 5.69 Å². The predicted octanol–water partition coefficient (Wildman–Crippen LogP) is 0.466. The van der Waals surface area contributed by atoms with Gasteiger partial charge in [-0.3, -0.25) is 19.2 Å². The second-order valence-electron chi connectivity index (χ2n) is 10.6. The van der Waals surface area contributed by atoms with E-state index in [4.69, 9.17) is 14.6 Å². The number of carbonyl (C=O) groups is 6. The van der Waals surface area contributed by atoms with Gasteiger partial charge in [0.1, 0.15) is 12.6 Å². The fraction of sp³-hybridized carbons (Fsp3) is 0.464. The van der Waals surface area contributed by atoms with Crippen molar-refractivity contribution in [3.8, 4) is 11.6 Å². The zero-order valence-corrected chi connectivity index (χ0v) is 24.5. The Balaban J connectivity index is 1.81. The normalized spacial score (nSPS) is 14.0. The number of carboxylic acid groups (broad SMARTS) is 1. The number of amides is 4. The van der Waals surface area contributed by atoms with Crippen LogP contribution in [0, 0.1) is 5.41 Å². The van der Waals surface area contributed by atoms with Crippen molar-refractivity contribution >= 4 is 35.6 Å². The van der Waals surface area contributed by atoms with Crippen molar-refractivity contribution in [2.24, 2.45) is 5.41 Å². The first kappa shape index (κ1) is 32.6. The number of hydrogen-bond acceptors (Lipinski definition) is 9. The van der Waals surface area contributed by atoms with Crippen LogP contribution in [0.2, 0.25) is 0 Å². The molecule has 1 aromatic heterocycles. The zero-order chi connectivity index (χ0) is 31.7. The van der Waals surface area contributed by atoms with Crippen molar-refractivity contribution < 1.29 is 43.3 Å². The molecule has 43 heavy (non-hydrogen) atoms. The minimum Gasteiger partial charge on any atom is -0.474 e. The number of piperazine rings is 1. The summed E-state index contributed by atoms with van der Waals surface area (Å²) in [5.41, 5.74) is -0.273. The molecular weight excluding hydrogens is 564 g/mol. The van der Waals surface area contributed by atoms with Crippen molar-refractivity contribution in [1.29, 1.82) is 0 Å². The predicted molar refractivity (Wildman–Crippen MR) is 151 cm³/mol. The first-order valence-corrected chi connectivity index (χ1v) is 13.7. The monoisotopic (exact) mass is 600 g/mol. The first-order chi connectivity index (χ1) is 20.3. The molecule has 1 fully saturated rings. The maximum atomic E-state index is 13.4. The molecule has 0 unspecified atom stereocenters. The summed E-state index contributed by atoms with van der Waals surface area (Å²) in [7, 11) is 0. The molecular formula is C28H36N6O9. The van der Waals surface area contributed by atoms with Gasteiger partial charge in [-0.2, -0.15) is 5.10 Å². The molecule has 2 aromatic rings. The minimum atomic E-state index is -1.76. The van der Waals surface area contributed by atoms with Crippen LogP contribution in [0.15, 0.2) is 36.4 Å². The summed E-state index contributed by atoms with van der Waals surface area (Å²) < 4.78 is 12.1. The Morgan fingerprint density at radius 2 is 1.63 bits per heavy atom. The molecule has 0 radical (unpaired) electrons. The van der Waals surface area contributed by atoms with Crippen LogP contribution >= 0.6 is 0 Å². The van der Waals surface area contributed by atoms with Gasteiger partial charge in [-0.15, -0.1) is 0 Å². The van der Waals surface area contributed by atoms with Crippen LogP contribution in [0.1, 0.15) is 38.2 Å². The van der Waals surface area contributed by atoms with Crippen LogP contribution < -0.4 is 15.4 Å². The fourth-order valence-electron chi connectivity index (χ4n) is 3.94. The SMILES string of the molecule is CCOC(=O)N1CCN(C(=O)[C@H](CNC(=O)C(=O)O)NC(=O)c2cc(OCC(=O)C(C)(C)C)n(-c3ccccc3)n2)CC1. The van der Waals surface area contributed by atoms with E-state index in [0.717, 1.165) is 0 Å². The van der Waals surface area contributed by atoms with Gasteiger partial charge in [0.05, 0.1) is 12.3 Å². The molecule has 0 spiro atoms. The third-order valence-electron chi connectivity index (χ3n) is 6.48. The lowest BCUT2D eigenvalue weighted by Crippen LogP contribution is -2.58. The van der Waals surface area contributed by atoms with E-state index in [-0.39, 0.29) is 56.7 Å². The van der Waals surface area contributed by atoms with Crippen LogP contribution in [-0.2, 0) is 23.9 Å². The van der Waals surface area contributed by atoms with Gasteiger partial charge in [-0.05, 0) is 19.1 Å². The maximum Gasteiger partial charge on any atom is 0.409 e. The van der Waals surface area contributed by atoms with Gasteiger partial charge < -0.3 is 35.0 Å². The summed E-state index contributed by atoms with van der Waals surface area (Å²) >= 11 is 0. The quantitative estimate of drug-likeness (QED) is 0.323.